The van der Waals surface area contributed by atoms with Gasteiger partial charge in [0.25, 0.3) is 0 Å². The van der Waals surface area contributed by atoms with E-state index in [9.17, 15) is 0 Å². The smallest absolute Gasteiger partial charge is 0.00202 e. The first-order valence-corrected chi connectivity index (χ1v) is 3.62. The van der Waals surface area contributed by atoms with E-state index >= 15 is 0 Å². The Hall–Kier alpha value is -0.0400. The molecule has 0 unspecified atom stereocenters. The highest BCUT2D eigenvalue weighted by molar-refractivity contribution is 4.95. The Morgan fingerprint density at radius 1 is 1.00 bits per heavy atom. The van der Waals surface area contributed by atoms with E-state index in [0.717, 1.165) is 5.41 Å². The Balaban J connectivity index is 2.01. The normalized spacial score (nSPS) is 33.0. The van der Waals surface area contributed by atoms with E-state index in [0.29, 0.717) is 0 Å². The Kier molecular flexibility index (Phi) is 0.884. The van der Waals surface area contributed by atoms with E-state index in [1.807, 2.05) is 0 Å². The minimum Gasteiger partial charge on any atom is -0.316 e. The van der Waals surface area contributed by atoms with Gasteiger partial charge >= 0.3 is 0 Å². The summed E-state index contributed by atoms with van der Waals surface area (Å²) in [4.78, 5) is 0. The second kappa shape index (κ2) is 1.47. The van der Waals surface area contributed by atoms with Gasteiger partial charge in [0.2, 0.25) is 0 Å². The third kappa shape index (κ3) is 0.510. The van der Waals surface area contributed by atoms with Crippen molar-refractivity contribution >= 4 is 0 Å². The van der Waals surface area contributed by atoms with Crippen LogP contribution in [-0.2, 0) is 0 Å². The molecule has 1 saturated heterocycles. The second-order valence-corrected chi connectivity index (χ2v) is 3.31. The number of rotatable bonds is 0. The van der Waals surface area contributed by atoms with E-state index in [1.165, 1.54) is 38.8 Å². The Morgan fingerprint density at radius 2 is 1.62 bits per heavy atom. The van der Waals surface area contributed by atoms with Gasteiger partial charge in [-0.1, -0.05) is 12.8 Å². The maximum atomic E-state index is 3.34. The summed E-state index contributed by atoms with van der Waals surface area (Å²) < 4.78 is 0. The zero-order valence-corrected chi connectivity index (χ0v) is 5.24. The van der Waals surface area contributed by atoms with Gasteiger partial charge in [-0.05, 0) is 18.3 Å². The number of hydrogen-bond donors (Lipinski definition) is 1. The standard InChI is InChI=1S/C7H13N/c1-2-4-7(3-1)5-8-6-7/h8H,1-6H2. The van der Waals surface area contributed by atoms with Crippen LogP contribution < -0.4 is 5.32 Å². The largest absolute Gasteiger partial charge is 0.316 e. The molecule has 0 aromatic carbocycles. The van der Waals surface area contributed by atoms with E-state index in [-0.39, 0.29) is 0 Å². The van der Waals surface area contributed by atoms with Crippen LogP contribution in [0.3, 0.4) is 0 Å². The van der Waals surface area contributed by atoms with E-state index < -0.39 is 0 Å². The van der Waals surface area contributed by atoms with Crippen molar-refractivity contribution in [2.45, 2.75) is 25.7 Å². The molecule has 1 aliphatic heterocycles. The predicted octanol–water partition coefficient (Wildman–Crippen LogP) is 1.15. The third-order valence-corrected chi connectivity index (χ3v) is 2.66. The van der Waals surface area contributed by atoms with Gasteiger partial charge < -0.3 is 5.32 Å². The van der Waals surface area contributed by atoms with Crippen LogP contribution in [0.4, 0.5) is 0 Å². The zero-order valence-electron chi connectivity index (χ0n) is 5.24. The van der Waals surface area contributed by atoms with Gasteiger partial charge in [-0.15, -0.1) is 0 Å². The van der Waals surface area contributed by atoms with Gasteiger partial charge in [0.05, 0.1) is 0 Å². The highest BCUT2D eigenvalue weighted by atomic mass is 15.0. The van der Waals surface area contributed by atoms with Gasteiger partial charge in [0.15, 0.2) is 0 Å². The van der Waals surface area contributed by atoms with E-state index in [1.54, 1.807) is 0 Å². The minimum absolute atomic E-state index is 0.806. The van der Waals surface area contributed by atoms with Crippen LogP contribution in [0, 0.1) is 5.41 Å². The molecule has 0 amide bonds. The van der Waals surface area contributed by atoms with Gasteiger partial charge in [-0.25, -0.2) is 0 Å². The molecule has 1 aliphatic carbocycles. The molecular formula is C7H13N. The molecule has 1 spiro atoms. The molecule has 1 heteroatoms. The Morgan fingerprint density at radius 3 is 1.88 bits per heavy atom. The first kappa shape index (κ1) is 4.80. The molecule has 2 fully saturated rings. The maximum Gasteiger partial charge on any atom is 0.00202 e. The Labute approximate surface area is 50.5 Å². The molecule has 0 atom stereocenters. The quantitative estimate of drug-likeness (QED) is 0.494. The summed E-state index contributed by atoms with van der Waals surface area (Å²) in [6.07, 6.45) is 5.98. The lowest BCUT2D eigenvalue weighted by atomic mass is 9.80. The molecule has 0 bridgehead atoms. The summed E-state index contributed by atoms with van der Waals surface area (Å²) in [7, 11) is 0. The fraction of sp³-hybridized carbons (Fsp3) is 1.00. The molecule has 46 valence electrons. The molecule has 0 aromatic rings. The van der Waals surface area contributed by atoms with Gasteiger partial charge in [-0.3, -0.25) is 0 Å². The minimum atomic E-state index is 0.806. The molecule has 1 N–H and O–H groups in total. The van der Waals surface area contributed by atoms with E-state index in [2.05, 4.69) is 5.32 Å². The number of nitrogens with one attached hydrogen (secondary N) is 1. The Bertz CT molecular complexity index is 86.6. The van der Waals surface area contributed by atoms with E-state index in [4.69, 9.17) is 0 Å². The van der Waals surface area contributed by atoms with Crippen molar-refractivity contribution in [3.05, 3.63) is 0 Å². The first-order chi connectivity index (χ1) is 3.91. The van der Waals surface area contributed by atoms with Crippen molar-refractivity contribution < 1.29 is 0 Å². The van der Waals surface area contributed by atoms with Crippen LogP contribution in [0.5, 0.6) is 0 Å². The molecule has 0 radical (unpaired) electrons. The zero-order chi connectivity index (χ0) is 5.45. The highest BCUT2D eigenvalue weighted by Crippen LogP contribution is 2.40. The molecule has 2 rings (SSSR count). The summed E-state index contributed by atoms with van der Waals surface area (Å²) in [6, 6.07) is 0. The van der Waals surface area contributed by atoms with Crippen molar-refractivity contribution in [2.24, 2.45) is 5.41 Å². The molecule has 8 heavy (non-hydrogen) atoms. The molecule has 1 nitrogen and oxygen atoms in total. The van der Waals surface area contributed by atoms with Gasteiger partial charge in [0, 0.05) is 13.1 Å². The predicted molar refractivity (Wildman–Crippen MR) is 33.8 cm³/mol. The van der Waals surface area contributed by atoms with Crippen molar-refractivity contribution in [2.75, 3.05) is 13.1 Å². The topological polar surface area (TPSA) is 12.0 Å². The van der Waals surface area contributed by atoms with Crippen LogP contribution in [0.1, 0.15) is 25.7 Å². The molecule has 0 aromatic heterocycles. The first-order valence-electron chi connectivity index (χ1n) is 3.62. The third-order valence-electron chi connectivity index (χ3n) is 2.66. The van der Waals surface area contributed by atoms with Crippen molar-refractivity contribution in [3.8, 4) is 0 Å². The summed E-state index contributed by atoms with van der Waals surface area (Å²) in [5, 5.41) is 3.34. The summed E-state index contributed by atoms with van der Waals surface area (Å²) in [5.41, 5.74) is 0.806. The van der Waals surface area contributed by atoms with Crippen LogP contribution in [0.2, 0.25) is 0 Å². The van der Waals surface area contributed by atoms with Crippen molar-refractivity contribution in [3.63, 3.8) is 0 Å². The van der Waals surface area contributed by atoms with Crippen LogP contribution in [0.15, 0.2) is 0 Å². The average molecular weight is 111 g/mol. The lowest BCUT2D eigenvalue weighted by Crippen LogP contribution is -2.51. The lowest BCUT2D eigenvalue weighted by molar-refractivity contribution is 0.178. The maximum absolute atomic E-state index is 3.34. The molecule has 2 aliphatic rings. The van der Waals surface area contributed by atoms with Crippen LogP contribution in [-0.4, -0.2) is 13.1 Å². The summed E-state index contributed by atoms with van der Waals surface area (Å²) in [6.45, 7) is 2.62. The van der Waals surface area contributed by atoms with Crippen molar-refractivity contribution in [1.29, 1.82) is 0 Å². The van der Waals surface area contributed by atoms with Gasteiger partial charge in [-0.2, -0.15) is 0 Å². The fourth-order valence-corrected chi connectivity index (χ4v) is 1.96. The van der Waals surface area contributed by atoms with Crippen LogP contribution in [0.25, 0.3) is 0 Å². The summed E-state index contributed by atoms with van der Waals surface area (Å²) >= 11 is 0. The fourth-order valence-electron chi connectivity index (χ4n) is 1.96. The SMILES string of the molecule is C1CCC2(C1)CNC2. The molecule has 1 heterocycles. The lowest BCUT2D eigenvalue weighted by Gasteiger charge is -2.39. The molecular weight excluding hydrogens is 98.1 g/mol. The summed E-state index contributed by atoms with van der Waals surface area (Å²) in [5.74, 6) is 0. The van der Waals surface area contributed by atoms with Crippen molar-refractivity contribution in [1.82, 2.24) is 5.32 Å². The van der Waals surface area contributed by atoms with Crippen LogP contribution >= 0.6 is 0 Å². The average Bonchev–Trinajstić information content (AvgIpc) is 2.07. The molecule has 1 saturated carbocycles. The monoisotopic (exact) mass is 111 g/mol. The van der Waals surface area contributed by atoms with Gasteiger partial charge in [0.1, 0.15) is 0 Å². The highest BCUT2D eigenvalue weighted by Gasteiger charge is 2.38. The number of hydrogen-bond acceptors (Lipinski definition) is 1. The second-order valence-electron chi connectivity index (χ2n) is 3.31.